The van der Waals surface area contributed by atoms with Crippen LogP contribution < -0.4 is 4.99 Å². The number of allylic oxidation sites excluding steroid dienone is 3. The van der Waals surface area contributed by atoms with Gasteiger partial charge in [-0.1, -0.05) is 18.2 Å². The molecule has 1 radical (unpaired) electrons. The zero-order valence-electron chi connectivity index (χ0n) is 7.00. The third-order valence-corrected chi connectivity index (χ3v) is 1.73. The minimum atomic E-state index is 0. The normalized spacial score (nSPS) is 13.4. The zero-order valence-corrected chi connectivity index (χ0v) is 8.74. The third-order valence-electron chi connectivity index (χ3n) is 1.73. The van der Waals surface area contributed by atoms with Gasteiger partial charge in [0, 0.05) is 31.6 Å². The maximum absolute atomic E-state index is 4.25. The smallest absolute Gasteiger partial charge is 0.0622 e. The van der Waals surface area contributed by atoms with Crippen LogP contribution in [0.4, 0.5) is 0 Å². The van der Waals surface area contributed by atoms with Crippen molar-refractivity contribution < 1.29 is 19.5 Å². The van der Waals surface area contributed by atoms with Gasteiger partial charge in [0.15, 0.2) is 0 Å². The average molecular weight is 256 g/mol. The van der Waals surface area contributed by atoms with Crippen molar-refractivity contribution >= 4 is 5.71 Å². The van der Waals surface area contributed by atoms with Crippen LogP contribution >= 0.6 is 0 Å². The minimum Gasteiger partial charge on any atom is -0.0622 e. The van der Waals surface area contributed by atoms with Crippen LogP contribution in [0.25, 0.3) is 0 Å². The SMILES string of the molecule is C1=C[N+]=C(c2ccccc2)C=C1.[Ru]. The number of nitrogens with zero attached hydrogens (tertiary/aromatic N) is 1. The largest absolute Gasteiger partial charge is 0.284 e. The molecule has 0 saturated heterocycles. The monoisotopic (exact) mass is 257 g/mol. The van der Waals surface area contributed by atoms with Crippen LogP contribution in [-0.2, 0) is 19.5 Å². The van der Waals surface area contributed by atoms with Crippen LogP contribution in [0.5, 0.6) is 0 Å². The van der Waals surface area contributed by atoms with Gasteiger partial charge >= 0.3 is 0 Å². The molecule has 0 atom stereocenters. The molecule has 1 aromatic rings. The Labute approximate surface area is 90.6 Å². The van der Waals surface area contributed by atoms with E-state index in [0.717, 1.165) is 11.3 Å². The summed E-state index contributed by atoms with van der Waals surface area (Å²) >= 11 is 0. The maximum atomic E-state index is 4.25. The van der Waals surface area contributed by atoms with E-state index in [2.05, 4.69) is 17.1 Å². The van der Waals surface area contributed by atoms with Gasteiger partial charge in [0.25, 0.3) is 5.71 Å². The van der Waals surface area contributed by atoms with Gasteiger partial charge < -0.3 is 0 Å². The van der Waals surface area contributed by atoms with Gasteiger partial charge in [-0.15, -0.1) is 0 Å². The molecule has 0 saturated carbocycles. The van der Waals surface area contributed by atoms with Crippen molar-refractivity contribution in [3.05, 3.63) is 60.3 Å². The molecule has 1 aliphatic heterocycles. The summed E-state index contributed by atoms with van der Waals surface area (Å²) in [6.07, 6.45) is 7.74. The average Bonchev–Trinajstić information content (AvgIpc) is 2.21. The van der Waals surface area contributed by atoms with E-state index in [4.69, 9.17) is 0 Å². The molecule has 2 rings (SSSR count). The molecule has 0 aromatic heterocycles. The molecular formula is C11H9NRu+. The topological polar surface area (TPSA) is 14.1 Å². The fourth-order valence-corrected chi connectivity index (χ4v) is 1.14. The van der Waals surface area contributed by atoms with Crippen LogP contribution in [0, 0.1) is 0 Å². The summed E-state index contributed by atoms with van der Waals surface area (Å²) in [5.74, 6) is 0. The summed E-state index contributed by atoms with van der Waals surface area (Å²) in [5.41, 5.74) is 2.19. The summed E-state index contributed by atoms with van der Waals surface area (Å²) in [6.45, 7) is 0. The summed E-state index contributed by atoms with van der Waals surface area (Å²) in [6, 6.07) is 10.2. The number of aliphatic imine (C=N–C) groups is 1. The summed E-state index contributed by atoms with van der Waals surface area (Å²) in [5, 5.41) is 0. The van der Waals surface area contributed by atoms with Crippen molar-refractivity contribution in [1.82, 2.24) is 4.99 Å². The predicted molar refractivity (Wildman–Crippen MR) is 51.0 cm³/mol. The molecule has 65 valence electrons. The molecule has 0 aliphatic carbocycles. The van der Waals surface area contributed by atoms with E-state index in [1.54, 1.807) is 0 Å². The molecule has 1 aliphatic rings. The fourth-order valence-electron chi connectivity index (χ4n) is 1.14. The Kier molecular flexibility index (Phi) is 3.79. The second-order valence-electron chi connectivity index (χ2n) is 2.58. The van der Waals surface area contributed by atoms with E-state index in [1.165, 1.54) is 0 Å². The molecule has 0 bridgehead atoms. The van der Waals surface area contributed by atoms with E-state index in [9.17, 15) is 0 Å². The number of rotatable bonds is 1. The standard InChI is InChI=1S/C11H9N.Ru/c1-2-6-10(7-3-1)11-8-4-5-9-12-11;/h1-9H;/q+1;. The maximum Gasteiger partial charge on any atom is 0.284 e. The third kappa shape index (κ3) is 2.46. The Morgan fingerprint density at radius 1 is 0.923 bits per heavy atom. The molecular weight excluding hydrogens is 247 g/mol. The first-order valence-electron chi connectivity index (χ1n) is 3.93. The van der Waals surface area contributed by atoms with Gasteiger partial charge in [-0.3, -0.25) is 0 Å². The van der Waals surface area contributed by atoms with E-state index in [1.807, 2.05) is 42.6 Å². The predicted octanol–water partition coefficient (Wildman–Crippen LogP) is 1.89. The first-order valence-corrected chi connectivity index (χ1v) is 3.93. The first kappa shape index (κ1) is 10.1. The van der Waals surface area contributed by atoms with Crippen molar-refractivity contribution in [2.45, 2.75) is 0 Å². The summed E-state index contributed by atoms with van der Waals surface area (Å²) in [4.78, 5) is 4.25. The van der Waals surface area contributed by atoms with E-state index >= 15 is 0 Å². The Morgan fingerprint density at radius 2 is 1.69 bits per heavy atom. The van der Waals surface area contributed by atoms with Crippen LogP contribution in [0.1, 0.15) is 5.56 Å². The Hall–Kier alpha value is -1.01. The van der Waals surface area contributed by atoms with Gasteiger partial charge in [-0.05, 0) is 18.2 Å². The second-order valence-corrected chi connectivity index (χ2v) is 2.58. The molecule has 0 fully saturated rings. The van der Waals surface area contributed by atoms with Crippen LogP contribution in [0.2, 0.25) is 0 Å². The van der Waals surface area contributed by atoms with Crippen LogP contribution in [-0.4, -0.2) is 5.71 Å². The van der Waals surface area contributed by atoms with Gasteiger partial charge in [-0.2, -0.15) is 0 Å². The van der Waals surface area contributed by atoms with Crippen molar-refractivity contribution in [1.29, 1.82) is 0 Å². The molecule has 0 unspecified atom stereocenters. The fraction of sp³-hybridized carbons (Fsp3) is 0. The molecule has 0 N–H and O–H groups in total. The molecule has 1 nitrogen and oxygen atoms in total. The molecule has 13 heavy (non-hydrogen) atoms. The molecule has 1 aromatic carbocycles. The zero-order chi connectivity index (χ0) is 8.23. The summed E-state index contributed by atoms with van der Waals surface area (Å²) in [7, 11) is 0. The number of benzene rings is 1. The quantitative estimate of drug-likeness (QED) is 0.681. The van der Waals surface area contributed by atoms with E-state index in [-0.39, 0.29) is 19.5 Å². The second kappa shape index (κ2) is 4.88. The van der Waals surface area contributed by atoms with Gasteiger partial charge in [-0.25, -0.2) is 0 Å². The van der Waals surface area contributed by atoms with Gasteiger partial charge in [0.05, 0.1) is 10.6 Å². The first-order chi connectivity index (χ1) is 5.97. The van der Waals surface area contributed by atoms with Crippen molar-refractivity contribution in [2.24, 2.45) is 0 Å². The molecule has 0 spiro atoms. The van der Waals surface area contributed by atoms with Crippen molar-refractivity contribution in [3.63, 3.8) is 0 Å². The van der Waals surface area contributed by atoms with Gasteiger partial charge in [0.2, 0.25) is 6.20 Å². The number of hydrogen-bond acceptors (Lipinski definition) is 1. The number of hydrogen-bond donors (Lipinski definition) is 0. The van der Waals surface area contributed by atoms with Crippen molar-refractivity contribution in [2.75, 3.05) is 0 Å². The minimum absolute atomic E-state index is 0. The molecule has 0 amide bonds. The molecule has 2 heteroatoms. The van der Waals surface area contributed by atoms with Crippen LogP contribution in [0.15, 0.2) is 54.8 Å². The van der Waals surface area contributed by atoms with Gasteiger partial charge in [0.1, 0.15) is 0 Å². The Balaban J connectivity index is 0.000000845. The summed E-state index contributed by atoms with van der Waals surface area (Å²) < 4.78 is 0. The van der Waals surface area contributed by atoms with Crippen LogP contribution in [0.3, 0.4) is 0 Å². The van der Waals surface area contributed by atoms with E-state index < -0.39 is 0 Å². The van der Waals surface area contributed by atoms with Crippen molar-refractivity contribution in [3.8, 4) is 0 Å². The molecule has 1 heterocycles. The van der Waals surface area contributed by atoms with E-state index in [0.29, 0.717) is 0 Å². The Bertz CT molecular complexity index is 350. The Morgan fingerprint density at radius 3 is 2.31 bits per heavy atom.